The Hall–Kier alpha value is -0.500. The average Bonchev–Trinajstić information content (AvgIpc) is 2.41. The number of hydrogen-bond acceptors (Lipinski definition) is 0. The molecule has 0 aliphatic heterocycles. The van der Waals surface area contributed by atoms with Gasteiger partial charge in [0.05, 0.1) is 0 Å². The highest BCUT2D eigenvalue weighted by Gasteiger charge is 2.12. The molecule has 2 aromatic rings. The van der Waals surface area contributed by atoms with Crippen LogP contribution in [-0.4, -0.2) is 5.33 Å². The Morgan fingerprint density at radius 2 is 1.85 bits per heavy atom. The maximum Gasteiger partial charge on any atom is 0.0452 e. The first-order valence-corrected chi connectivity index (χ1v) is 8.51. The maximum absolute atomic E-state index is 6.26. The Kier molecular flexibility index (Phi) is 5.95. The lowest BCUT2D eigenvalue weighted by Gasteiger charge is -2.15. The first-order chi connectivity index (χ1) is 9.58. The molecule has 0 bridgehead atoms. The molecule has 0 heterocycles. The van der Waals surface area contributed by atoms with Crippen molar-refractivity contribution in [3.63, 3.8) is 0 Å². The summed E-state index contributed by atoms with van der Waals surface area (Å²) in [6.45, 7) is 2.13. The highest BCUT2D eigenvalue weighted by atomic mass is 79.9. The van der Waals surface area contributed by atoms with Crippen LogP contribution in [0.15, 0.2) is 42.5 Å². The zero-order chi connectivity index (χ0) is 14.5. The predicted molar refractivity (Wildman–Crippen MR) is 92.3 cm³/mol. The van der Waals surface area contributed by atoms with Gasteiger partial charge in [-0.05, 0) is 48.9 Å². The smallest absolute Gasteiger partial charge is 0.0452 e. The third kappa shape index (κ3) is 4.51. The number of alkyl halides is 1. The van der Waals surface area contributed by atoms with Gasteiger partial charge in [-0.2, -0.15) is 0 Å². The molecule has 0 saturated heterocycles. The SMILES string of the molecule is Cc1cccc(CC(CBr)Cc2ccc(Cl)cc2Cl)c1. The van der Waals surface area contributed by atoms with Crippen LogP contribution in [0.25, 0.3) is 0 Å². The average molecular weight is 372 g/mol. The van der Waals surface area contributed by atoms with Gasteiger partial charge in [0.25, 0.3) is 0 Å². The Bertz CT molecular complexity index is 581. The van der Waals surface area contributed by atoms with Gasteiger partial charge in [-0.15, -0.1) is 0 Å². The first kappa shape index (κ1) is 15.9. The fourth-order valence-corrected chi connectivity index (χ4v) is 3.30. The van der Waals surface area contributed by atoms with Crippen LogP contribution in [0.1, 0.15) is 16.7 Å². The summed E-state index contributed by atoms with van der Waals surface area (Å²) >= 11 is 15.8. The normalized spacial score (nSPS) is 12.4. The summed E-state index contributed by atoms with van der Waals surface area (Å²) in [5, 5.41) is 2.40. The van der Waals surface area contributed by atoms with Crippen LogP contribution < -0.4 is 0 Å². The topological polar surface area (TPSA) is 0 Å². The molecule has 0 aliphatic rings. The van der Waals surface area contributed by atoms with Gasteiger partial charge in [-0.25, -0.2) is 0 Å². The minimum absolute atomic E-state index is 0.524. The third-order valence-electron chi connectivity index (χ3n) is 3.35. The van der Waals surface area contributed by atoms with Crippen molar-refractivity contribution in [1.82, 2.24) is 0 Å². The second-order valence-electron chi connectivity index (χ2n) is 5.15. The first-order valence-electron chi connectivity index (χ1n) is 6.64. The van der Waals surface area contributed by atoms with Crippen LogP contribution in [0.3, 0.4) is 0 Å². The number of halogens is 3. The molecule has 0 N–H and O–H groups in total. The molecule has 1 atom stereocenters. The number of aryl methyl sites for hydroxylation is 1. The Balaban J connectivity index is 2.09. The predicted octanol–water partition coefficient (Wildman–Crippen LogP) is 6.10. The summed E-state index contributed by atoms with van der Waals surface area (Å²) in [6.07, 6.45) is 2.00. The molecular weight excluding hydrogens is 355 g/mol. The van der Waals surface area contributed by atoms with Gasteiger partial charge in [0.2, 0.25) is 0 Å². The van der Waals surface area contributed by atoms with Gasteiger partial charge in [0, 0.05) is 15.4 Å². The van der Waals surface area contributed by atoms with E-state index in [1.807, 2.05) is 18.2 Å². The lowest BCUT2D eigenvalue weighted by atomic mass is 9.93. The zero-order valence-electron chi connectivity index (χ0n) is 11.4. The van der Waals surface area contributed by atoms with Crippen molar-refractivity contribution in [3.05, 3.63) is 69.2 Å². The molecule has 20 heavy (non-hydrogen) atoms. The Labute approximate surface area is 139 Å². The van der Waals surface area contributed by atoms with Crippen LogP contribution in [-0.2, 0) is 12.8 Å². The highest BCUT2D eigenvalue weighted by molar-refractivity contribution is 9.09. The van der Waals surface area contributed by atoms with Gasteiger partial charge in [0.1, 0.15) is 0 Å². The molecule has 0 aromatic heterocycles. The van der Waals surface area contributed by atoms with E-state index in [0.29, 0.717) is 10.9 Å². The van der Waals surface area contributed by atoms with E-state index in [9.17, 15) is 0 Å². The minimum atomic E-state index is 0.524. The third-order valence-corrected chi connectivity index (χ3v) is 4.85. The molecule has 0 nitrogen and oxygen atoms in total. The maximum atomic E-state index is 6.26. The number of hydrogen-bond donors (Lipinski definition) is 0. The van der Waals surface area contributed by atoms with Crippen molar-refractivity contribution in [2.75, 3.05) is 5.33 Å². The van der Waals surface area contributed by atoms with Gasteiger partial charge >= 0.3 is 0 Å². The van der Waals surface area contributed by atoms with Crippen LogP contribution in [0.4, 0.5) is 0 Å². The van der Waals surface area contributed by atoms with E-state index in [0.717, 1.165) is 28.8 Å². The molecule has 2 aromatic carbocycles. The lowest BCUT2D eigenvalue weighted by Crippen LogP contribution is -2.10. The van der Waals surface area contributed by atoms with Crippen LogP contribution in [0.5, 0.6) is 0 Å². The molecule has 0 saturated carbocycles. The summed E-state index contributed by atoms with van der Waals surface area (Å²) in [5.41, 5.74) is 3.84. The van der Waals surface area contributed by atoms with Crippen LogP contribution >= 0.6 is 39.1 Å². The molecule has 2 rings (SSSR count). The van der Waals surface area contributed by atoms with Crippen molar-refractivity contribution < 1.29 is 0 Å². The highest BCUT2D eigenvalue weighted by Crippen LogP contribution is 2.25. The van der Waals surface area contributed by atoms with Gasteiger partial charge in [-0.3, -0.25) is 0 Å². The molecular formula is C17H17BrCl2. The molecule has 0 radical (unpaired) electrons. The summed E-state index contributed by atoms with van der Waals surface area (Å²) in [6, 6.07) is 14.4. The second-order valence-corrected chi connectivity index (χ2v) is 6.64. The standard InChI is InChI=1S/C17H17BrCl2/c1-12-3-2-4-13(7-12)8-14(11-18)9-15-5-6-16(19)10-17(15)20/h2-7,10,14H,8-9,11H2,1H3. The summed E-state index contributed by atoms with van der Waals surface area (Å²) in [4.78, 5) is 0. The fraction of sp³-hybridized carbons (Fsp3) is 0.294. The van der Waals surface area contributed by atoms with E-state index in [4.69, 9.17) is 23.2 Å². The van der Waals surface area contributed by atoms with Crippen LogP contribution in [0.2, 0.25) is 10.0 Å². The van der Waals surface area contributed by atoms with E-state index in [1.54, 1.807) is 0 Å². The van der Waals surface area contributed by atoms with Gasteiger partial charge in [-0.1, -0.05) is 75.0 Å². The molecule has 0 fully saturated rings. The Morgan fingerprint density at radius 3 is 2.50 bits per heavy atom. The fourth-order valence-electron chi connectivity index (χ4n) is 2.35. The number of benzene rings is 2. The van der Waals surface area contributed by atoms with Gasteiger partial charge in [0.15, 0.2) is 0 Å². The molecule has 0 amide bonds. The van der Waals surface area contributed by atoms with E-state index < -0.39 is 0 Å². The van der Waals surface area contributed by atoms with Gasteiger partial charge < -0.3 is 0 Å². The molecule has 1 unspecified atom stereocenters. The van der Waals surface area contributed by atoms with E-state index in [2.05, 4.69) is 47.1 Å². The van der Waals surface area contributed by atoms with Crippen molar-refractivity contribution in [3.8, 4) is 0 Å². The summed E-state index contributed by atoms with van der Waals surface area (Å²) in [7, 11) is 0. The molecule has 3 heteroatoms. The van der Waals surface area contributed by atoms with Crippen molar-refractivity contribution in [2.45, 2.75) is 19.8 Å². The lowest BCUT2D eigenvalue weighted by molar-refractivity contribution is 0.591. The number of rotatable bonds is 5. The van der Waals surface area contributed by atoms with Crippen molar-refractivity contribution >= 4 is 39.1 Å². The zero-order valence-corrected chi connectivity index (χ0v) is 14.5. The summed E-state index contributed by atoms with van der Waals surface area (Å²) < 4.78 is 0. The van der Waals surface area contributed by atoms with Crippen molar-refractivity contribution in [1.29, 1.82) is 0 Å². The molecule has 106 valence electrons. The van der Waals surface area contributed by atoms with E-state index in [-0.39, 0.29) is 0 Å². The van der Waals surface area contributed by atoms with E-state index >= 15 is 0 Å². The largest absolute Gasteiger partial charge is 0.0925 e. The van der Waals surface area contributed by atoms with Crippen LogP contribution in [0, 0.1) is 12.8 Å². The van der Waals surface area contributed by atoms with E-state index in [1.165, 1.54) is 11.1 Å². The molecule has 0 spiro atoms. The molecule has 0 aliphatic carbocycles. The summed E-state index contributed by atoms with van der Waals surface area (Å²) in [5.74, 6) is 0.524. The Morgan fingerprint density at radius 1 is 1.05 bits per heavy atom. The van der Waals surface area contributed by atoms with Crippen molar-refractivity contribution in [2.24, 2.45) is 5.92 Å². The monoisotopic (exact) mass is 370 g/mol. The quantitative estimate of drug-likeness (QED) is 0.557. The second kappa shape index (κ2) is 7.49. The minimum Gasteiger partial charge on any atom is -0.0925 e.